The lowest BCUT2D eigenvalue weighted by Crippen LogP contribution is -2.52. The lowest BCUT2D eigenvalue weighted by molar-refractivity contribution is -0.141. The SMILES string of the molecule is CC(C)(C)c1ccc([C@@H]2CC3=CC(=O)CC[C@]3(C)C3=CC[C@@]4(C)[C@@H](CC[C@@]4(O)CCC(=O)O)[C@@H]32)o1. The van der Waals surface area contributed by atoms with Crippen LogP contribution in [0.25, 0.3) is 0 Å². The average Bonchev–Trinajstić information content (AvgIpc) is 3.37. The van der Waals surface area contributed by atoms with Crippen LogP contribution in [0.4, 0.5) is 0 Å². The molecule has 2 fully saturated rings. The van der Waals surface area contributed by atoms with Crippen molar-refractivity contribution in [1.82, 2.24) is 0 Å². The van der Waals surface area contributed by atoms with Gasteiger partial charge in [0.05, 0.1) is 5.60 Å². The van der Waals surface area contributed by atoms with Crippen molar-refractivity contribution in [3.8, 4) is 0 Å². The Bertz CT molecular complexity index is 1120. The van der Waals surface area contributed by atoms with Crippen molar-refractivity contribution in [2.45, 2.75) is 103 Å². The molecule has 2 saturated carbocycles. The summed E-state index contributed by atoms with van der Waals surface area (Å²) in [7, 11) is 0. The van der Waals surface area contributed by atoms with Crippen molar-refractivity contribution in [2.75, 3.05) is 0 Å². The minimum atomic E-state index is -0.984. The molecule has 5 nitrogen and oxygen atoms in total. The summed E-state index contributed by atoms with van der Waals surface area (Å²) in [5.74, 6) is 1.85. The molecule has 1 aromatic heterocycles. The van der Waals surface area contributed by atoms with E-state index in [0.29, 0.717) is 19.3 Å². The van der Waals surface area contributed by atoms with Gasteiger partial charge >= 0.3 is 5.97 Å². The quantitative estimate of drug-likeness (QED) is 0.493. The van der Waals surface area contributed by atoms with Gasteiger partial charge in [-0.1, -0.05) is 51.8 Å². The molecule has 35 heavy (non-hydrogen) atoms. The Morgan fingerprint density at radius 2 is 1.94 bits per heavy atom. The largest absolute Gasteiger partial charge is 0.481 e. The number of hydrogen-bond acceptors (Lipinski definition) is 4. The molecular formula is C30H40O5. The molecule has 4 aliphatic rings. The molecule has 0 radical (unpaired) electrons. The lowest BCUT2D eigenvalue weighted by Gasteiger charge is -2.57. The topological polar surface area (TPSA) is 87.7 Å². The first-order valence-corrected chi connectivity index (χ1v) is 13.3. The van der Waals surface area contributed by atoms with Gasteiger partial charge in [-0.25, -0.2) is 0 Å². The Morgan fingerprint density at radius 3 is 2.60 bits per heavy atom. The second kappa shape index (κ2) is 7.93. The molecule has 6 atom stereocenters. The van der Waals surface area contributed by atoms with Gasteiger partial charge in [-0.15, -0.1) is 0 Å². The number of furan rings is 1. The van der Waals surface area contributed by atoms with Crippen molar-refractivity contribution in [2.24, 2.45) is 22.7 Å². The fraction of sp³-hybridized carbons (Fsp3) is 0.667. The predicted octanol–water partition coefficient (Wildman–Crippen LogP) is 6.32. The molecule has 0 unspecified atom stereocenters. The molecule has 5 rings (SSSR count). The van der Waals surface area contributed by atoms with Crippen LogP contribution in [0.15, 0.2) is 39.8 Å². The van der Waals surface area contributed by atoms with Crippen molar-refractivity contribution < 1.29 is 24.2 Å². The molecule has 0 amide bonds. The summed E-state index contributed by atoms with van der Waals surface area (Å²) < 4.78 is 6.51. The number of carboxylic acid groups (broad SMARTS) is 1. The van der Waals surface area contributed by atoms with E-state index in [-0.39, 0.29) is 46.2 Å². The van der Waals surface area contributed by atoms with Gasteiger partial charge in [0, 0.05) is 35.0 Å². The summed E-state index contributed by atoms with van der Waals surface area (Å²) in [5, 5.41) is 21.1. The standard InChI is InChI=1S/C30H40O5/c1-27(2,3)24-7-6-23(35-24)20-17-18-16-19(31)8-12-28(18,4)21-9-13-29(5)22(26(20)21)10-14-30(29,34)15-11-25(32)33/h6-7,9,16,20,22,26,34H,8,10-15,17H2,1-5H3,(H,32,33)/t20-,22-,26+,28-,29-,30+/m0/s1. The first-order chi connectivity index (χ1) is 16.3. The second-order valence-corrected chi connectivity index (χ2v) is 13.1. The molecule has 1 heterocycles. The van der Waals surface area contributed by atoms with E-state index in [4.69, 9.17) is 4.42 Å². The smallest absolute Gasteiger partial charge is 0.303 e. The van der Waals surface area contributed by atoms with Crippen LogP contribution in [-0.2, 0) is 15.0 Å². The van der Waals surface area contributed by atoms with E-state index in [2.05, 4.69) is 52.8 Å². The van der Waals surface area contributed by atoms with E-state index < -0.39 is 11.6 Å². The Labute approximate surface area is 208 Å². The Morgan fingerprint density at radius 1 is 1.20 bits per heavy atom. The number of aliphatic carboxylic acids is 1. The van der Waals surface area contributed by atoms with E-state index >= 15 is 0 Å². The number of hydrogen-bond donors (Lipinski definition) is 2. The van der Waals surface area contributed by atoms with E-state index in [0.717, 1.165) is 37.2 Å². The Balaban J connectivity index is 1.61. The molecule has 0 aromatic carbocycles. The fourth-order valence-corrected chi connectivity index (χ4v) is 7.92. The van der Waals surface area contributed by atoms with Crippen LogP contribution in [0, 0.1) is 22.7 Å². The van der Waals surface area contributed by atoms with Crippen molar-refractivity contribution in [3.63, 3.8) is 0 Å². The van der Waals surface area contributed by atoms with E-state index in [1.807, 2.05) is 6.08 Å². The number of ketones is 1. The number of carbonyl (C=O) groups is 2. The summed E-state index contributed by atoms with van der Waals surface area (Å²) in [6.45, 7) is 10.9. The first-order valence-electron chi connectivity index (χ1n) is 13.3. The highest BCUT2D eigenvalue weighted by molar-refractivity contribution is 5.92. The molecule has 0 bridgehead atoms. The van der Waals surface area contributed by atoms with Gasteiger partial charge < -0.3 is 14.6 Å². The monoisotopic (exact) mass is 480 g/mol. The van der Waals surface area contributed by atoms with E-state index in [9.17, 15) is 19.8 Å². The van der Waals surface area contributed by atoms with Gasteiger partial charge in [-0.05, 0) is 68.6 Å². The zero-order valence-electron chi connectivity index (χ0n) is 21.8. The normalized spacial score (nSPS) is 38.8. The average molecular weight is 481 g/mol. The van der Waals surface area contributed by atoms with Crippen LogP contribution in [0.3, 0.4) is 0 Å². The van der Waals surface area contributed by atoms with Gasteiger partial charge in [0.2, 0.25) is 0 Å². The van der Waals surface area contributed by atoms with E-state index in [1.165, 1.54) is 11.1 Å². The third kappa shape index (κ3) is 3.68. The van der Waals surface area contributed by atoms with Gasteiger partial charge in [-0.3, -0.25) is 9.59 Å². The van der Waals surface area contributed by atoms with Crippen LogP contribution in [0.2, 0.25) is 0 Å². The van der Waals surface area contributed by atoms with Crippen LogP contribution >= 0.6 is 0 Å². The predicted molar refractivity (Wildman–Crippen MR) is 134 cm³/mol. The zero-order valence-corrected chi connectivity index (χ0v) is 21.8. The second-order valence-electron chi connectivity index (χ2n) is 13.1. The Hall–Kier alpha value is -2.14. The molecule has 5 heteroatoms. The van der Waals surface area contributed by atoms with Gasteiger partial charge in [0.25, 0.3) is 0 Å². The Kier molecular flexibility index (Phi) is 5.56. The zero-order chi connectivity index (χ0) is 25.4. The van der Waals surface area contributed by atoms with Crippen molar-refractivity contribution in [3.05, 3.63) is 47.0 Å². The maximum Gasteiger partial charge on any atom is 0.303 e. The summed E-state index contributed by atoms with van der Waals surface area (Å²) in [6.07, 6.45) is 9.00. The maximum absolute atomic E-state index is 12.4. The van der Waals surface area contributed by atoms with Crippen LogP contribution in [0.1, 0.15) is 103 Å². The molecule has 0 saturated heterocycles. The number of carboxylic acids is 1. The minimum absolute atomic E-state index is 0.0106. The number of aliphatic hydroxyl groups is 1. The summed E-state index contributed by atoms with van der Waals surface area (Å²) in [6, 6.07) is 4.21. The fourth-order valence-electron chi connectivity index (χ4n) is 7.92. The van der Waals surface area contributed by atoms with Gasteiger partial charge in [-0.2, -0.15) is 0 Å². The van der Waals surface area contributed by atoms with Crippen LogP contribution < -0.4 is 0 Å². The van der Waals surface area contributed by atoms with Crippen molar-refractivity contribution in [1.29, 1.82) is 0 Å². The molecule has 4 aliphatic carbocycles. The minimum Gasteiger partial charge on any atom is -0.481 e. The van der Waals surface area contributed by atoms with E-state index in [1.54, 1.807) is 0 Å². The number of fused-ring (bicyclic) bond motifs is 5. The number of allylic oxidation sites excluding steroid dienone is 4. The van der Waals surface area contributed by atoms with Crippen LogP contribution in [-0.4, -0.2) is 27.6 Å². The number of rotatable bonds is 4. The molecule has 0 aliphatic heterocycles. The molecule has 2 N–H and O–H groups in total. The first kappa shape index (κ1) is 24.5. The summed E-state index contributed by atoms with van der Waals surface area (Å²) >= 11 is 0. The molecule has 0 spiro atoms. The summed E-state index contributed by atoms with van der Waals surface area (Å²) in [5.41, 5.74) is 1.05. The lowest BCUT2D eigenvalue weighted by atomic mass is 9.48. The number of carbonyl (C=O) groups excluding carboxylic acids is 1. The van der Waals surface area contributed by atoms with Gasteiger partial charge in [0.1, 0.15) is 11.5 Å². The third-order valence-corrected chi connectivity index (χ3v) is 10.2. The molecule has 190 valence electrons. The summed E-state index contributed by atoms with van der Waals surface area (Å²) in [4.78, 5) is 23.8. The highest BCUT2D eigenvalue weighted by atomic mass is 16.4. The molecular weight excluding hydrogens is 440 g/mol. The third-order valence-electron chi connectivity index (χ3n) is 10.2. The van der Waals surface area contributed by atoms with Crippen LogP contribution in [0.5, 0.6) is 0 Å². The molecule has 1 aromatic rings. The maximum atomic E-state index is 12.4. The van der Waals surface area contributed by atoms with Gasteiger partial charge in [0.15, 0.2) is 5.78 Å². The highest BCUT2D eigenvalue weighted by Crippen LogP contribution is 2.68. The van der Waals surface area contributed by atoms with Crippen molar-refractivity contribution >= 4 is 11.8 Å². The highest BCUT2D eigenvalue weighted by Gasteiger charge is 2.63.